The number of benzene rings is 1. The smallest absolute Gasteiger partial charge is 0.419 e. The largest absolute Gasteiger partial charge is 0.429 e. The fraction of sp³-hybridized carbons (Fsp3) is 0.500. The number of anilines is 1. The van der Waals surface area contributed by atoms with Gasteiger partial charge >= 0.3 is 12.8 Å². The van der Waals surface area contributed by atoms with Gasteiger partial charge in [0.15, 0.2) is 17.2 Å². The maximum Gasteiger partial charge on any atom is 0.419 e. The second-order valence-corrected chi connectivity index (χ2v) is 5.53. The van der Waals surface area contributed by atoms with Crippen LogP contribution in [0.1, 0.15) is 6.42 Å². The molecule has 2 unspecified atom stereocenters. The molecule has 1 aromatic carbocycles. The summed E-state index contributed by atoms with van der Waals surface area (Å²) >= 11 is 0. The highest BCUT2D eigenvalue weighted by molar-refractivity contribution is 5.85. The predicted octanol–water partition coefficient (Wildman–Crippen LogP) is 2.58. The second-order valence-electron chi connectivity index (χ2n) is 5.53. The van der Waals surface area contributed by atoms with Crippen molar-refractivity contribution in [1.82, 2.24) is 0 Å². The molecule has 1 aliphatic rings. The van der Waals surface area contributed by atoms with Crippen molar-refractivity contribution in [3.63, 3.8) is 0 Å². The van der Waals surface area contributed by atoms with Crippen LogP contribution in [0.2, 0.25) is 0 Å². The van der Waals surface area contributed by atoms with E-state index < -0.39 is 66.4 Å². The van der Waals surface area contributed by atoms with E-state index in [1.165, 1.54) is 0 Å². The first kappa shape index (κ1) is 20.1. The molecule has 0 aliphatic carbocycles. The Hall–Kier alpha value is -2.24. The van der Waals surface area contributed by atoms with E-state index in [0.717, 1.165) is 7.11 Å². The van der Waals surface area contributed by atoms with E-state index in [1.54, 1.807) is 0 Å². The standard InChI is InChI=1S/C14H13F7N2O3/c1-25-13(14(19,20)21)4-8(11(22)24)23(5-13)7-3-2-6(15)9(16)10(7)26-12(17)18/h2-3,8,12H,4-5H2,1H3,(H2,22,24). The molecular weight excluding hydrogens is 377 g/mol. The Morgan fingerprint density at radius 3 is 2.42 bits per heavy atom. The number of alkyl halides is 5. The lowest BCUT2D eigenvalue weighted by molar-refractivity contribution is -0.261. The summed E-state index contributed by atoms with van der Waals surface area (Å²) in [6.07, 6.45) is -5.91. The number of nitrogens with zero attached hydrogens (tertiary/aromatic N) is 1. The summed E-state index contributed by atoms with van der Waals surface area (Å²) in [6, 6.07) is -0.461. The molecule has 1 aromatic rings. The van der Waals surface area contributed by atoms with Crippen LogP contribution in [0, 0.1) is 11.6 Å². The van der Waals surface area contributed by atoms with Gasteiger partial charge in [-0.25, -0.2) is 4.39 Å². The number of rotatable bonds is 5. The molecule has 146 valence electrons. The number of carbonyl (C=O) groups excluding carboxylic acids is 1. The van der Waals surface area contributed by atoms with Crippen molar-refractivity contribution in [2.45, 2.75) is 30.9 Å². The molecule has 2 rings (SSSR count). The van der Waals surface area contributed by atoms with Gasteiger partial charge in [-0.05, 0) is 12.1 Å². The van der Waals surface area contributed by atoms with Gasteiger partial charge < -0.3 is 20.1 Å². The number of hydrogen-bond acceptors (Lipinski definition) is 4. The molecule has 0 bridgehead atoms. The van der Waals surface area contributed by atoms with Crippen molar-refractivity contribution in [3.8, 4) is 5.75 Å². The Morgan fingerprint density at radius 1 is 1.35 bits per heavy atom. The van der Waals surface area contributed by atoms with Crippen LogP contribution < -0.4 is 15.4 Å². The Bertz CT molecular complexity index is 698. The first-order valence-corrected chi connectivity index (χ1v) is 7.04. The molecule has 1 aliphatic heterocycles. The highest BCUT2D eigenvalue weighted by Crippen LogP contribution is 2.47. The van der Waals surface area contributed by atoms with Crippen molar-refractivity contribution in [2.75, 3.05) is 18.6 Å². The Balaban J connectivity index is 2.59. The number of ether oxygens (including phenoxy) is 2. The summed E-state index contributed by atoms with van der Waals surface area (Å²) in [5.41, 5.74) is 1.56. The molecule has 26 heavy (non-hydrogen) atoms. The van der Waals surface area contributed by atoms with Crippen molar-refractivity contribution in [2.24, 2.45) is 5.73 Å². The maximum absolute atomic E-state index is 13.9. The van der Waals surface area contributed by atoms with Crippen molar-refractivity contribution in [1.29, 1.82) is 0 Å². The molecule has 2 N–H and O–H groups in total. The van der Waals surface area contributed by atoms with Gasteiger partial charge in [0.1, 0.15) is 6.04 Å². The third kappa shape index (κ3) is 3.37. The van der Waals surface area contributed by atoms with E-state index >= 15 is 0 Å². The third-order valence-corrected chi connectivity index (χ3v) is 4.11. The van der Waals surface area contributed by atoms with Crippen LogP contribution in [0.5, 0.6) is 5.75 Å². The van der Waals surface area contributed by atoms with Gasteiger partial charge in [-0.15, -0.1) is 0 Å². The van der Waals surface area contributed by atoms with Crippen LogP contribution >= 0.6 is 0 Å². The molecule has 0 aromatic heterocycles. The summed E-state index contributed by atoms with van der Waals surface area (Å²) in [4.78, 5) is 12.2. The molecule has 0 radical (unpaired) electrons. The van der Waals surface area contributed by atoms with Gasteiger partial charge in [-0.2, -0.15) is 26.3 Å². The fourth-order valence-corrected chi connectivity index (χ4v) is 2.80. The van der Waals surface area contributed by atoms with Gasteiger partial charge in [0.25, 0.3) is 0 Å². The average Bonchev–Trinajstić information content (AvgIpc) is 2.93. The minimum atomic E-state index is -4.95. The zero-order chi connectivity index (χ0) is 19.9. The van der Waals surface area contributed by atoms with Crippen LogP contribution in [0.15, 0.2) is 12.1 Å². The molecule has 2 atom stereocenters. The molecular formula is C14H13F7N2O3. The average molecular weight is 390 g/mol. The minimum absolute atomic E-state index is 0.501. The zero-order valence-corrected chi connectivity index (χ0v) is 13.1. The first-order chi connectivity index (χ1) is 11.9. The number of nitrogens with two attached hydrogens (primary N) is 1. The highest BCUT2D eigenvalue weighted by atomic mass is 19.4. The van der Waals surface area contributed by atoms with Crippen LogP contribution in [-0.2, 0) is 9.53 Å². The van der Waals surface area contributed by atoms with Crippen molar-refractivity contribution in [3.05, 3.63) is 23.8 Å². The van der Waals surface area contributed by atoms with Gasteiger partial charge in [0.05, 0.1) is 12.2 Å². The minimum Gasteiger partial charge on any atom is -0.429 e. The van der Waals surface area contributed by atoms with Gasteiger partial charge in [0, 0.05) is 13.5 Å². The van der Waals surface area contributed by atoms with Gasteiger partial charge in [-0.1, -0.05) is 0 Å². The molecule has 1 fully saturated rings. The lowest BCUT2D eigenvalue weighted by atomic mass is 9.99. The highest BCUT2D eigenvalue weighted by Gasteiger charge is 2.63. The lowest BCUT2D eigenvalue weighted by Crippen LogP contribution is -2.49. The molecule has 1 heterocycles. The van der Waals surface area contributed by atoms with Crippen LogP contribution in [0.3, 0.4) is 0 Å². The van der Waals surface area contributed by atoms with Gasteiger partial charge in [0.2, 0.25) is 11.7 Å². The molecule has 12 heteroatoms. The number of methoxy groups -OCH3 is 1. The Morgan fingerprint density at radius 2 is 1.96 bits per heavy atom. The summed E-state index contributed by atoms with van der Waals surface area (Å²) in [5.74, 6) is -5.97. The number of primary amides is 1. The van der Waals surface area contributed by atoms with E-state index in [-0.39, 0.29) is 0 Å². The predicted molar refractivity (Wildman–Crippen MR) is 73.7 cm³/mol. The first-order valence-electron chi connectivity index (χ1n) is 7.04. The van der Waals surface area contributed by atoms with Crippen LogP contribution in [0.4, 0.5) is 36.4 Å². The quantitative estimate of drug-likeness (QED) is 0.785. The molecule has 0 spiro atoms. The monoisotopic (exact) mass is 390 g/mol. The van der Waals surface area contributed by atoms with Crippen molar-refractivity contribution < 1.29 is 45.0 Å². The number of carbonyl (C=O) groups is 1. The summed E-state index contributed by atoms with van der Waals surface area (Å²) < 4.78 is 101. The topological polar surface area (TPSA) is 64.8 Å². The second kappa shape index (κ2) is 6.82. The summed E-state index contributed by atoms with van der Waals surface area (Å²) in [7, 11) is 0.747. The molecule has 0 saturated carbocycles. The normalized spacial score (nSPS) is 23.6. The van der Waals surface area contributed by atoms with E-state index in [4.69, 9.17) is 5.73 Å². The summed E-state index contributed by atoms with van der Waals surface area (Å²) in [5, 5.41) is 0. The SMILES string of the molecule is COC1(C(F)(F)F)CC(C(N)=O)N(c2ccc(F)c(F)c2OC(F)F)C1. The Labute approximate surface area is 142 Å². The van der Waals surface area contributed by atoms with Gasteiger partial charge in [-0.3, -0.25) is 4.79 Å². The lowest BCUT2D eigenvalue weighted by Gasteiger charge is -2.31. The summed E-state index contributed by atoms with van der Waals surface area (Å²) in [6.45, 7) is -4.65. The van der Waals surface area contributed by atoms with Crippen LogP contribution in [-0.4, -0.2) is 44.0 Å². The molecule has 1 amide bonds. The number of halogens is 7. The van der Waals surface area contributed by atoms with Crippen molar-refractivity contribution >= 4 is 11.6 Å². The molecule has 5 nitrogen and oxygen atoms in total. The zero-order valence-electron chi connectivity index (χ0n) is 13.1. The van der Waals surface area contributed by atoms with E-state index in [0.29, 0.717) is 17.0 Å². The van der Waals surface area contributed by atoms with E-state index in [9.17, 15) is 35.5 Å². The molecule has 1 saturated heterocycles. The fourth-order valence-electron chi connectivity index (χ4n) is 2.80. The number of amides is 1. The van der Waals surface area contributed by atoms with E-state index in [2.05, 4.69) is 9.47 Å². The Kier molecular flexibility index (Phi) is 5.26. The third-order valence-electron chi connectivity index (χ3n) is 4.11. The maximum atomic E-state index is 13.9. The van der Waals surface area contributed by atoms with E-state index in [1.807, 2.05) is 0 Å². The number of hydrogen-bond donors (Lipinski definition) is 1. The van der Waals surface area contributed by atoms with Crippen LogP contribution in [0.25, 0.3) is 0 Å².